The van der Waals surface area contributed by atoms with Gasteiger partial charge in [0.25, 0.3) is 0 Å². The Hall–Kier alpha value is -0.880. The molecule has 0 saturated carbocycles. The number of fused-ring (bicyclic) bond motifs is 1. The molecule has 0 aliphatic carbocycles. The van der Waals surface area contributed by atoms with E-state index in [1.807, 2.05) is 6.07 Å². The molecule has 0 fully saturated rings. The van der Waals surface area contributed by atoms with E-state index in [4.69, 9.17) is 4.74 Å². The summed E-state index contributed by atoms with van der Waals surface area (Å²) in [5.41, 5.74) is 1.13. The van der Waals surface area contributed by atoms with Crippen molar-refractivity contribution in [2.24, 2.45) is 0 Å². The Labute approximate surface area is 109 Å². The van der Waals surface area contributed by atoms with Gasteiger partial charge >= 0.3 is 5.97 Å². The molecule has 0 atom stereocenters. The first kappa shape index (κ1) is 11.6. The van der Waals surface area contributed by atoms with Crippen LogP contribution in [0, 0.1) is 0 Å². The molecule has 0 radical (unpaired) electrons. The van der Waals surface area contributed by atoms with Crippen LogP contribution in [0.2, 0.25) is 0 Å². The molecule has 2 heterocycles. The van der Waals surface area contributed by atoms with Crippen LogP contribution in [-0.2, 0) is 4.74 Å². The van der Waals surface area contributed by atoms with Crippen LogP contribution in [0.15, 0.2) is 27.3 Å². The molecule has 0 N–H and O–H groups in total. The Balaban J connectivity index is 2.51. The molecule has 2 aromatic rings. The average molecular weight is 348 g/mol. The number of carbonyl (C=O) groups excluding carboxylic acids is 1. The number of ether oxygens (including phenoxy) is 1. The Morgan fingerprint density at radius 3 is 2.94 bits per heavy atom. The topological polar surface area (TPSA) is 43.6 Å². The van der Waals surface area contributed by atoms with E-state index in [1.165, 1.54) is 0 Å². The van der Waals surface area contributed by atoms with Gasteiger partial charge in [0.15, 0.2) is 5.69 Å². The van der Waals surface area contributed by atoms with Gasteiger partial charge in [0, 0.05) is 15.1 Å². The summed E-state index contributed by atoms with van der Waals surface area (Å²) in [6.45, 7) is 2.11. The number of carbonyl (C=O) groups is 1. The molecule has 0 aliphatic rings. The van der Waals surface area contributed by atoms with Gasteiger partial charge in [0.05, 0.1) is 12.1 Å². The van der Waals surface area contributed by atoms with Crippen LogP contribution in [0.1, 0.15) is 17.4 Å². The zero-order valence-corrected chi connectivity index (χ0v) is 11.6. The molecule has 16 heavy (non-hydrogen) atoms. The maximum absolute atomic E-state index is 11.5. The van der Waals surface area contributed by atoms with E-state index >= 15 is 0 Å². The smallest absolute Gasteiger partial charge is 0.358 e. The molecule has 0 amide bonds. The first-order chi connectivity index (χ1) is 7.61. The van der Waals surface area contributed by atoms with Crippen molar-refractivity contribution in [1.82, 2.24) is 9.61 Å². The summed E-state index contributed by atoms with van der Waals surface area (Å²) in [6.07, 6.45) is 1.78. The third-order valence-corrected chi connectivity index (χ3v) is 3.04. The predicted octanol–water partition coefficient (Wildman–Crippen LogP) is 3.04. The Kier molecular flexibility index (Phi) is 3.30. The van der Waals surface area contributed by atoms with Crippen molar-refractivity contribution in [2.75, 3.05) is 6.61 Å². The quantitative estimate of drug-likeness (QED) is 0.784. The first-order valence-corrected chi connectivity index (χ1v) is 6.22. The minimum Gasteiger partial charge on any atom is -0.461 e. The van der Waals surface area contributed by atoms with Crippen molar-refractivity contribution in [3.8, 4) is 0 Å². The number of hydrogen-bond donors (Lipinski definition) is 0. The molecular weight excluding hydrogens is 340 g/mol. The van der Waals surface area contributed by atoms with Crippen LogP contribution in [0.25, 0.3) is 5.52 Å². The molecule has 0 aromatic carbocycles. The highest BCUT2D eigenvalue weighted by Crippen LogP contribution is 2.23. The third kappa shape index (κ3) is 2.12. The van der Waals surface area contributed by atoms with Crippen molar-refractivity contribution >= 4 is 43.3 Å². The number of pyridine rings is 1. The van der Waals surface area contributed by atoms with Crippen molar-refractivity contribution in [2.45, 2.75) is 6.92 Å². The fraction of sp³-hybridized carbons (Fsp3) is 0.200. The van der Waals surface area contributed by atoms with E-state index in [1.54, 1.807) is 23.7 Å². The van der Waals surface area contributed by atoms with Gasteiger partial charge in [0.2, 0.25) is 0 Å². The SMILES string of the molecule is CCOC(=O)c1cc2c(Br)cc(Br)cn2n1. The number of rotatable bonds is 2. The lowest BCUT2D eigenvalue weighted by molar-refractivity contribution is 0.0519. The standard InChI is InChI=1S/C10H8Br2N2O2/c1-2-16-10(15)8-4-9-7(12)3-6(11)5-14(9)13-8/h3-5H,2H2,1H3. The van der Waals surface area contributed by atoms with Gasteiger partial charge in [-0.05, 0) is 50.9 Å². The second-order valence-electron chi connectivity index (χ2n) is 3.09. The fourth-order valence-electron chi connectivity index (χ4n) is 1.33. The van der Waals surface area contributed by atoms with E-state index < -0.39 is 5.97 Å². The molecule has 0 bridgehead atoms. The van der Waals surface area contributed by atoms with Crippen LogP contribution >= 0.6 is 31.9 Å². The number of aromatic nitrogens is 2. The van der Waals surface area contributed by atoms with Gasteiger partial charge in [0.1, 0.15) is 0 Å². The normalized spacial score (nSPS) is 10.7. The molecule has 4 nitrogen and oxygen atoms in total. The maximum Gasteiger partial charge on any atom is 0.358 e. The molecule has 0 saturated heterocycles. The Bertz CT molecular complexity index is 551. The monoisotopic (exact) mass is 346 g/mol. The van der Waals surface area contributed by atoms with Crippen molar-refractivity contribution in [3.05, 3.63) is 33.0 Å². The highest BCUT2D eigenvalue weighted by atomic mass is 79.9. The van der Waals surface area contributed by atoms with Crippen molar-refractivity contribution in [1.29, 1.82) is 0 Å². The zero-order valence-electron chi connectivity index (χ0n) is 8.41. The van der Waals surface area contributed by atoms with Crippen molar-refractivity contribution < 1.29 is 9.53 Å². The van der Waals surface area contributed by atoms with E-state index in [0.29, 0.717) is 12.3 Å². The van der Waals surface area contributed by atoms with Gasteiger partial charge < -0.3 is 4.74 Å². The Morgan fingerprint density at radius 1 is 1.50 bits per heavy atom. The fourth-order valence-corrected chi connectivity index (χ4v) is 2.60. The second-order valence-corrected chi connectivity index (χ2v) is 4.86. The van der Waals surface area contributed by atoms with Crippen molar-refractivity contribution in [3.63, 3.8) is 0 Å². The molecule has 2 rings (SSSR count). The first-order valence-electron chi connectivity index (χ1n) is 4.63. The van der Waals surface area contributed by atoms with Crippen LogP contribution < -0.4 is 0 Å². The zero-order chi connectivity index (χ0) is 11.7. The molecule has 0 unspecified atom stereocenters. The number of nitrogens with zero attached hydrogens (tertiary/aromatic N) is 2. The summed E-state index contributed by atoms with van der Waals surface area (Å²) in [5.74, 6) is -0.408. The highest BCUT2D eigenvalue weighted by molar-refractivity contribution is 9.11. The lowest BCUT2D eigenvalue weighted by atomic mass is 10.3. The lowest BCUT2D eigenvalue weighted by Crippen LogP contribution is -2.05. The Morgan fingerprint density at radius 2 is 2.25 bits per heavy atom. The summed E-state index contributed by atoms with van der Waals surface area (Å²) in [6, 6.07) is 3.58. The number of esters is 1. The van der Waals surface area contributed by atoms with Gasteiger partial charge in [-0.15, -0.1) is 0 Å². The van der Waals surface area contributed by atoms with E-state index in [-0.39, 0.29) is 0 Å². The average Bonchev–Trinajstić information content (AvgIpc) is 2.62. The maximum atomic E-state index is 11.5. The summed E-state index contributed by atoms with van der Waals surface area (Å²) in [4.78, 5) is 11.5. The summed E-state index contributed by atoms with van der Waals surface area (Å²) in [5, 5.41) is 4.14. The van der Waals surface area contributed by atoms with Gasteiger partial charge in [-0.3, -0.25) is 0 Å². The van der Waals surface area contributed by atoms with Gasteiger partial charge in [-0.25, -0.2) is 9.31 Å². The van der Waals surface area contributed by atoms with Gasteiger partial charge in [-0.1, -0.05) is 0 Å². The molecule has 0 spiro atoms. The van der Waals surface area contributed by atoms with E-state index in [9.17, 15) is 4.79 Å². The minimum absolute atomic E-state index is 0.306. The van der Waals surface area contributed by atoms with Crippen LogP contribution in [-0.4, -0.2) is 22.2 Å². The number of halogens is 2. The van der Waals surface area contributed by atoms with Crippen LogP contribution in [0.3, 0.4) is 0 Å². The largest absolute Gasteiger partial charge is 0.461 e. The van der Waals surface area contributed by atoms with E-state index in [0.717, 1.165) is 14.5 Å². The second kappa shape index (κ2) is 4.55. The third-order valence-electron chi connectivity index (χ3n) is 1.98. The molecule has 84 valence electrons. The van der Waals surface area contributed by atoms with Crippen LogP contribution in [0.5, 0.6) is 0 Å². The summed E-state index contributed by atoms with van der Waals surface area (Å²) < 4.78 is 8.26. The predicted molar refractivity (Wildman–Crippen MR) is 66.5 cm³/mol. The molecule has 6 heteroatoms. The summed E-state index contributed by atoms with van der Waals surface area (Å²) in [7, 11) is 0. The van der Waals surface area contributed by atoms with E-state index in [2.05, 4.69) is 37.0 Å². The minimum atomic E-state index is -0.408. The molecule has 2 aromatic heterocycles. The number of hydrogen-bond acceptors (Lipinski definition) is 3. The van der Waals surface area contributed by atoms with Crippen LogP contribution in [0.4, 0.5) is 0 Å². The summed E-state index contributed by atoms with van der Waals surface area (Å²) >= 11 is 6.76. The lowest BCUT2D eigenvalue weighted by Gasteiger charge is -1.96. The molecular formula is C10H8Br2N2O2. The molecule has 0 aliphatic heterocycles. The van der Waals surface area contributed by atoms with Gasteiger partial charge in [-0.2, -0.15) is 5.10 Å². The highest BCUT2D eigenvalue weighted by Gasteiger charge is 2.13.